The fourth-order valence-electron chi connectivity index (χ4n) is 3.60. The summed E-state index contributed by atoms with van der Waals surface area (Å²) in [5.41, 5.74) is -0.0467. The van der Waals surface area contributed by atoms with Gasteiger partial charge in [-0.2, -0.15) is 0 Å². The third-order valence-corrected chi connectivity index (χ3v) is 5.07. The lowest BCUT2D eigenvalue weighted by atomic mass is 10.1. The number of benzene rings is 3. The zero-order chi connectivity index (χ0) is 24.3. The van der Waals surface area contributed by atoms with Crippen LogP contribution >= 0.6 is 0 Å². The zero-order valence-electron chi connectivity index (χ0n) is 19.2. The number of fused-ring (bicyclic) bond motifs is 3. The molecule has 1 aromatic heterocycles. The molecule has 1 atom stereocenters. The number of rotatable bonds is 5. The summed E-state index contributed by atoms with van der Waals surface area (Å²) in [5, 5.41) is 4.55. The van der Waals surface area contributed by atoms with E-state index >= 15 is 0 Å². The van der Waals surface area contributed by atoms with Crippen molar-refractivity contribution in [1.82, 2.24) is 5.32 Å². The Labute approximate surface area is 196 Å². The van der Waals surface area contributed by atoms with Crippen LogP contribution in [0.1, 0.15) is 26.3 Å². The average molecular weight is 459 g/mol. The molecule has 0 aliphatic carbocycles. The van der Waals surface area contributed by atoms with Crippen molar-refractivity contribution in [3.63, 3.8) is 0 Å². The van der Waals surface area contributed by atoms with E-state index in [4.69, 9.17) is 13.9 Å². The van der Waals surface area contributed by atoms with Crippen molar-refractivity contribution >= 4 is 33.8 Å². The van der Waals surface area contributed by atoms with Crippen LogP contribution < -0.4 is 15.7 Å². The average Bonchev–Trinajstić information content (AvgIpc) is 2.78. The number of ether oxygens (including phenoxy) is 2. The Kier molecular flexibility index (Phi) is 6.36. The zero-order valence-corrected chi connectivity index (χ0v) is 19.2. The standard InChI is InChI=1S/C27H25NO6/c1-27(2,3)34-26(31)28-22(15-17-9-5-4-6-10-17)25(30)32-18-13-14-20-19-11-7-8-12-21(19)24(29)33-23(20)16-18/h4-14,16,22H,15H2,1-3H3,(H,28,31). The molecule has 1 N–H and O–H groups in total. The van der Waals surface area contributed by atoms with Gasteiger partial charge in [0.25, 0.3) is 0 Å². The molecule has 0 spiro atoms. The summed E-state index contributed by atoms with van der Waals surface area (Å²) in [5.74, 6) is -0.475. The maximum absolute atomic E-state index is 13.0. The van der Waals surface area contributed by atoms with Crippen molar-refractivity contribution in [2.24, 2.45) is 0 Å². The van der Waals surface area contributed by atoms with E-state index in [0.29, 0.717) is 11.0 Å². The number of nitrogens with one attached hydrogen (secondary N) is 1. The van der Waals surface area contributed by atoms with Crippen molar-refractivity contribution in [2.45, 2.75) is 38.8 Å². The van der Waals surface area contributed by atoms with Crippen LogP contribution in [-0.4, -0.2) is 23.7 Å². The molecule has 7 nitrogen and oxygen atoms in total. The van der Waals surface area contributed by atoms with E-state index < -0.39 is 29.3 Å². The highest BCUT2D eigenvalue weighted by molar-refractivity contribution is 6.04. The minimum Gasteiger partial charge on any atom is -0.444 e. The van der Waals surface area contributed by atoms with E-state index in [1.54, 1.807) is 45.0 Å². The highest BCUT2D eigenvalue weighted by Gasteiger charge is 2.26. The summed E-state index contributed by atoms with van der Waals surface area (Å²) in [6.45, 7) is 5.22. The van der Waals surface area contributed by atoms with Crippen LogP contribution in [0.3, 0.4) is 0 Å². The van der Waals surface area contributed by atoms with Crippen LogP contribution in [-0.2, 0) is 16.0 Å². The second kappa shape index (κ2) is 9.39. The molecule has 1 heterocycles. The van der Waals surface area contributed by atoms with Gasteiger partial charge in [-0.3, -0.25) is 0 Å². The van der Waals surface area contributed by atoms with E-state index in [-0.39, 0.29) is 12.2 Å². The predicted octanol–water partition coefficient (Wildman–Crippen LogP) is 4.99. The predicted molar refractivity (Wildman–Crippen MR) is 129 cm³/mol. The lowest BCUT2D eigenvalue weighted by Gasteiger charge is -2.23. The molecule has 7 heteroatoms. The monoisotopic (exact) mass is 459 g/mol. The first-order valence-corrected chi connectivity index (χ1v) is 10.9. The highest BCUT2D eigenvalue weighted by Crippen LogP contribution is 2.26. The van der Waals surface area contributed by atoms with Crippen molar-refractivity contribution in [3.8, 4) is 5.75 Å². The molecule has 1 amide bonds. The van der Waals surface area contributed by atoms with Gasteiger partial charge < -0.3 is 19.2 Å². The molecular weight excluding hydrogens is 434 g/mol. The van der Waals surface area contributed by atoms with E-state index in [1.807, 2.05) is 42.5 Å². The van der Waals surface area contributed by atoms with Gasteiger partial charge in [0, 0.05) is 17.9 Å². The molecule has 3 aromatic carbocycles. The molecule has 4 aromatic rings. The summed E-state index contributed by atoms with van der Waals surface area (Å²) < 4.78 is 16.3. The number of hydrogen-bond acceptors (Lipinski definition) is 6. The van der Waals surface area contributed by atoms with Gasteiger partial charge in [-0.1, -0.05) is 48.5 Å². The molecule has 0 aliphatic heterocycles. The van der Waals surface area contributed by atoms with Gasteiger partial charge in [0.15, 0.2) is 0 Å². The maximum atomic E-state index is 13.0. The normalized spacial score (nSPS) is 12.3. The Bertz CT molecular complexity index is 1400. The third-order valence-electron chi connectivity index (χ3n) is 5.07. The van der Waals surface area contributed by atoms with E-state index in [1.165, 1.54) is 6.07 Å². The first-order valence-electron chi connectivity index (χ1n) is 10.9. The first-order chi connectivity index (χ1) is 16.2. The number of amides is 1. The van der Waals surface area contributed by atoms with Gasteiger partial charge in [0.05, 0.1) is 5.39 Å². The molecule has 0 fully saturated rings. The number of carbonyl (C=O) groups excluding carboxylic acids is 2. The quantitative estimate of drug-likeness (QED) is 0.196. The minimum atomic E-state index is -0.989. The third kappa shape index (κ3) is 5.43. The molecule has 1 unspecified atom stereocenters. The summed E-state index contributed by atoms with van der Waals surface area (Å²) in [4.78, 5) is 37.7. The smallest absolute Gasteiger partial charge is 0.408 e. The molecule has 34 heavy (non-hydrogen) atoms. The topological polar surface area (TPSA) is 94.8 Å². The summed E-state index contributed by atoms with van der Waals surface area (Å²) in [6, 6.07) is 20.3. The van der Waals surface area contributed by atoms with Crippen LogP contribution in [0.4, 0.5) is 4.79 Å². The maximum Gasteiger partial charge on any atom is 0.408 e. The largest absolute Gasteiger partial charge is 0.444 e. The van der Waals surface area contributed by atoms with Crippen LogP contribution in [0.5, 0.6) is 5.75 Å². The fourth-order valence-corrected chi connectivity index (χ4v) is 3.60. The Morgan fingerprint density at radius 1 is 0.912 bits per heavy atom. The summed E-state index contributed by atoms with van der Waals surface area (Å²) >= 11 is 0. The van der Waals surface area contributed by atoms with Crippen molar-refractivity contribution < 1.29 is 23.5 Å². The van der Waals surface area contributed by atoms with Crippen LogP contribution in [0.25, 0.3) is 21.7 Å². The molecule has 4 rings (SSSR count). The Morgan fingerprint density at radius 3 is 2.29 bits per heavy atom. The Hall–Kier alpha value is -4.13. The molecule has 0 radical (unpaired) electrons. The SMILES string of the molecule is CC(C)(C)OC(=O)NC(Cc1ccccc1)C(=O)Oc1ccc2c(c1)oc(=O)c1ccccc12. The summed E-state index contributed by atoms with van der Waals surface area (Å²) in [6.07, 6.45) is -0.506. The van der Waals surface area contributed by atoms with Gasteiger partial charge in [-0.25, -0.2) is 14.4 Å². The molecule has 0 saturated heterocycles. The second-order valence-corrected chi connectivity index (χ2v) is 8.90. The van der Waals surface area contributed by atoms with Gasteiger partial charge in [0.2, 0.25) is 0 Å². The summed E-state index contributed by atoms with van der Waals surface area (Å²) in [7, 11) is 0. The highest BCUT2D eigenvalue weighted by atomic mass is 16.6. The van der Waals surface area contributed by atoms with E-state index in [2.05, 4.69) is 5.32 Å². The number of esters is 1. The van der Waals surface area contributed by atoms with Crippen molar-refractivity contribution in [3.05, 3.63) is 88.8 Å². The lowest BCUT2D eigenvalue weighted by Crippen LogP contribution is -2.46. The molecule has 174 valence electrons. The van der Waals surface area contributed by atoms with Gasteiger partial charge >= 0.3 is 17.7 Å². The molecular formula is C27H25NO6. The van der Waals surface area contributed by atoms with Crippen LogP contribution in [0.15, 0.2) is 82.0 Å². The van der Waals surface area contributed by atoms with E-state index in [9.17, 15) is 14.4 Å². The van der Waals surface area contributed by atoms with Gasteiger partial charge in [-0.05, 0) is 49.9 Å². The second-order valence-electron chi connectivity index (χ2n) is 8.90. The number of hydrogen-bond donors (Lipinski definition) is 1. The lowest BCUT2D eigenvalue weighted by molar-refractivity contribution is -0.136. The number of alkyl carbamates (subject to hydrolysis) is 1. The van der Waals surface area contributed by atoms with Crippen LogP contribution in [0.2, 0.25) is 0 Å². The number of carbonyl (C=O) groups is 2. The van der Waals surface area contributed by atoms with Crippen molar-refractivity contribution in [2.75, 3.05) is 0 Å². The van der Waals surface area contributed by atoms with Gasteiger partial charge in [0.1, 0.15) is 23.0 Å². The molecule has 0 bridgehead atoms. The van der Waals surface area contributed by atoms with E-state index in [0.717, 1.165) is 16.3 Å². The minimum absolute atomic E-state index is 0.194. The van der Waals surface area contributed by atoms with Crippen LogP contribution in [0, 0.1) is 0 Å². The Morgan fingerprint density at radius 2 is 1.59 bits per heavy atom. The Balaban J connectivity index is 1.60. The van der Waals surface area contributed by atoms with Gasteiger partial charge in [-0.15, -0.1) is 0 Å². The molecule has 0 saturated carbocycles. The van der Waals surface area contributed by atoms with Crippen molar-refractivity contribution in [1.29, 1.82) is 0 Å². The molecule has 0 aliphatic rings. The fraction of sp³-hybridized carbons (Fsp3) is 0.222. The first kappa shape index (κ1) is 23.0.